The zero-order valence-electron chi connectivity index (χ0n) is 16.3. The topological polar surface area (TPSA) is 72.9 Å². The Kier molecular flexibility index (Phi) is 5.48. The number of hydrogen-bond donors (Lipinski definition) is 0. The number of allylic oxidation sites excluding steroid dienone is 1. The van der Waals surface area contributed by atoms with Gasteiger partial charge in [0, 0.05) is 12.5 Å². The van der Waals surface area contributed by atoms with Gasteiger partial charge in [0.25, 0.3) is 0 Å². The lowest BCUT2D eigenvalue weighted by molar-refractivity contribution is -0.174. The van der Waals surface area contributed by atoms with Gasteiger partial charge in [0.1, 0.15) is 18.7 Å². The monoisotopic (exact) mass is 403 g/mol. The molecule has 0 spiro atoms. The summed E-state index contributed by atoms with van der Waals surface area (Å²) in [6, 6.07) is 18.9. The van der Waals surface area contributed by atoms with E-state index in [1.807, 2.05) is 66.7 Å². The van der Waals surface area contributed by atoms with Crippen LogP contribution in [0.25, 0.3) is 6.08 Å². The van der Waals surface area contributed by atoms with Gasteiger partial charge in [-0.2, -0.15) is 0 Å². The molecule has 0 saturated carbocycles. The first-order chi connectivity index (χ1) is 14.6. The predicted molar refractivity (Wildman–Crippen MR) is 110 cm³/mol. The minimum atomic E-state index is -1.49. The summed E-state index contributed by atoms with van der Waals surface area (Å²) in [5, 5.41) is 0. The number of ether oxygens (including phenoxy) is 2. The summed E-state index contributed by atoms with van der Waals surface area (Å²) in [5.41, 5.74) is 0.296. The summed E-state index contributed by atoms with van der Waals surface area (Å²) >= 11 is 0. The van der Waals surface area contributed by atoms with Crippen LogP contribution in [0.4, 0.5) is 0 Å². The molecule has 2 atom stereocenters. The van der Waals surface area contributed by atoms with Crippen molar-refractivity contribution in [2.75, 3.05) is 0 Å². The van der Waals surface area contributed by atoms with Crippen LogP contribution in [-0.4, -0.2) is 34.8 Å². The van der Waals surface area contributed by atoms with Crippen molar-refractivity contribution in [1.29, 1.82) is 0 Å². The van der Waals surface area contributed by atoms with Crippen LogP contribution in [0, 0.1) is 0 Å². The van der Waals surface area contributed by atoms with Crippen LogP contribution in [-0.2, 0) is 30.5 Å². The Bertz CT molecular complexity index is 999. The molecule has 152 valence electrons. The molecule has 0 radical (unpaired) electrons. The van der Waals surface area contributed by atoms with Gasteiger partial charge in [0.05, 0.1) is 6.42 Å². The van der Waals surface area contributed by atoms with Crippen molar-refractivity contribution in [2.45, 2.75) is 31.2 Å². The highest BCUT2D eigenvalue weighted by Crippen LogP contribution is 2.47. The molecule has 1 unspecified atom stereocenters. The fourth-order valence-corrected chi connectivity index (χ4v) is 3.80. The van der Waals surface area contributed by atoms with Crippen LogP contribution in [0.1, 0.15) is 24.0 Å². The molecule has 30 heavy (non-hydrogen) atoms. The fourth-order valence-electron chi connectivity index (χ4n) is 3.80. The summed E-state index contributed by atoms with van der Waals surface area (Å²) in [7, 11) is 0. The lowest BCUT2D eigenvalue weighted by atomic mass is 9.87. The number of benzene rings is 2. The number of carbonyl (C=O) groups is 3. The number of esters is 1. The highest BCUT2D eigenvalue weighted by atomic mass is 16.6. The molecule has 2 aromatic carbocycles. The zero-order chi connectivity index (χ0) is 21.0. The first-order valence-corrected chi connectivity index (χ1v) is 9.72. The molecular formula is C24H21NO5. The van der Waals surface area contributed by atoms with Crippen LogP contribution in [0.3, 0.4) is 0 Å². The second-order valence-electron chi connectivity index (χ2n) is 7.15. The molecular weight excluding hydrogens is 382 g/mol. The number of hydrogen-bond acceptors (Lipinski definition) is 5. The van der Waals surface area contributed by atoms with E-state index in [-0.39, 0.29) is 31.1 Å². The summed E-state index contributed by atoms with van der Waals surface area (Å²) < 4.78 is 11.4. The molecule has 0 aliphatic carbocycles. The molecule has 0 bridgehead atoms. The van der Waals surface area contributed by atoms with Crippen molar-refractivity contribution in [3.05, 3.63) is 89.7 Å². The second kappa shape index (κ2) is 8.37. The highest BCUT2D eigenvalue weighted by molar-refractivity contribution is 5.96. The molecule has 2 fully saturated rings. The molecule has 4 rings (SSSR count). The summed E-state index contributed by atoms with van der Waals surface area (Å²) in [4.78, 5) is 38.3. The SMILES string of the molecule is O=CC=C1O[C@@H]2CC(=O)N2C1(C/C=C/c1ccccc1)C(=O)OCc1ccccc1. The quantitative estimate of drug-likeness (QED) is 0.307. The molecule has 2 aromatic rings. The summed E-state index contributed by atoms with van der Waals surface area (Å²) in [5.74, 6) is -0.684. The number of carbonyl (C=O) groups excluding carboxylic acids is 3. The molecule has 2 aliphatic heterocycles. The number of amides is 1. The van der Waals surface area contributed by atoms with E-state index in [1.165, 1.54) is 11.0 Å². The molecule has 0 N–H and O–H groups in total. The minimum Gasteiger partial charge on any atom is -0.471 e. The van der Waals surface area contributed by atoms with E-state index in [0.717, 1.165) is 11.1 Å². The molecule has 2 heterocycles. The summed E-state index contributed by atoms with van der Waals surface area (Å²) in [6.45, 7) is 0.0604. The van der Waals surface area contributed by atoms with E-state index in [1.54, 1.807) is 6.08 Å². The van der Waals surface area contributed by atoms with Crippen LogP contribution >= 0.6 is 0 Å². The summed E-state index contributed by atoms with van der Waals surface area (Å²) in [6.07, 6.45) is 5.18. The van der Waals surface area contributed by atoms with Gasteiger partial charge in [0.2, 0.25) is 11.4 Å². The van der Waals surface area contributed by atoms with Gasteiger partial charge < -0.3 is 9.47 Å². The number of fused-ring (bicyclic) bond motifs is 1. The normalized spacial score (nSPS) is 23.7. The highest BCUT2D eigenvalue weighted by Gasteiger charge is 2.64. The number of rotatable bonds is 7. The third kappa shape index (κ3) is 3.52. The first kappa shape index (κ1) is 19.6. The smallest absolute Gasteiger partial charge is 0.340 e. The molecule has 2 aliphatic rings. The van der Waals surface area contributed by atoms with Gasteiger partial charge in [-0.15, -0.1) is 0 Å². The average Bonchev–Trinajstić information content (AvgIpc) is 3.02. The van der Waals surface area contributed by atoms with Crippen molar-refractivity contribution in [1.82, 2.24) is 4.90 Å². The van der Waals surface area contributed by atoms with E-state index in [9.17, 15) is 14.4 Å². The molecule has 2 saturated heterocycles. The maximum atomic E-state index is 13.3. The van der Waals surface area contributed by atoms with Crippen LogP contribution in [0.15, 0.2) is 78.6 Å². The van der Waals surface area contributed by atoms with Gasteiger partial charge in [-0.25, -0.2) is 4.79 Å². The predicted octanol–water partition coefficient (Wildman–Crippen LogP) is 3.24. The van der Waals surface area contributed by atoms with E-state index >= 15 is 0 Å². The van der Waals surface area contributed by atoms with Crippen molar-refractivity contribution in [2.24, 2.45) is 0 Å². The molecule has 6 heteroatoms. The van der Waals surface area contributed by atoms with Gasteiger partial charge in [-0.3, -0.25) is 14.5 Å². The van der Waals surface area contributed by atoms with Crippen LogP contribution < -0.4 is 0 Å². The van der Waals surface area contributed by atoms with E-state index in [4.69, 9.17) is 9.47 Å². The van der Waals surface area contributed by atoms with Gasteiger partial charge in [-0.05, 0) is 11.1 Å². The lowest BCUT2D eigenvalue weighted by Gasteiger charge is -2.40. The van der Waals surface area contributed by atoms with E-state index in [2.05, 4.69) is 0 Å². The Labute approximate surface area is 174 Å². The van der Waals surface area contributed by atoms with Gasteiger partial charge >= 0.3 is 5.97 Å². The van der Waals surface area contributed by atoms with Crippen molar-refractivity contribution >= 4 is 24.2 Å². The lowest BCUT2D eigenvalue weighted by Crippen LogP contribution is -2.62. The Morgan fingerprint density at radius 1 is 1.13 bits per heavy atom. The average molecular weight is 403 g/mol. The minimum absolute atomic E-state index is 0.0604. The van der Waals surface area contributed by atoms with Crippen LogP contribution in [0.5, 0.6) is 0 Å². The Morgan fingerprint density at radius 3 is 2.50 bits per heavy atom. The Hall–Kier alpha value is -3.67. The Morgan fingerprint density at radius 2 is 1.83 bits per heavy atom. The van der Waals surface area contributed by atoms with E-state index in [0.29, 0.717) is 6.29 Å². The standard InChI is InChI=1S/C24H21NO5/c26-15-13-20-24(25-21(27)16-22(25)30-20,14-7-12-18-8-3-1-4-9-18)23(28)29-17-19-10-5-2-6-11-19/h1-13,15,22H,14,16-17H2/b12-7+,20-13?/t22-,24?/m1/s1. The van der Waals surface area contributed by atoms with Crippen LogP contribution in [0.2, 0.25) is 0 Å². The third-order valence-electron chi connectivity index (χ3n) is 5.28. The molecule has 6 nitrogen and oxygen atoms in total. The zero-order valence-corrected chi connectivity index (χ0v) is 16.3. The number of aldehydes is 1. The van der Waals surface area contributed by atoms with Crippen molar-refractivity contribution in [3.8, 4) is 0 Å². The van der Waals surface area contributed by atoms with Crippen molar-refractivity contribution < 1.29 is 23.9 Å². The van der Waals surface area contributed by atoms with E-state index < -0.39 is 17.7 Å². The number of β-lactam (4-membered cyclic amide) rings is 1. The Balaban J connectivity index is 1.64. The molecule has 0 aromatic heterocycles. The van der Waals surface area contributed by atoms with Crippen molar-refractivity contribution in [3.63, 3.8) is 0 Å². The first-order valence-electron chi connectivity index (χ1n) is 9.72. The second-order valence-corrected chi connectivity index (χ2v) is 7.15. The fraction of sp³-hybridized carbons (Fsp3) is 0.208. The van der Waals surface area contributed by atoms with Gasteiger partial charge in [0.15, 0.2) is 6.23 Å². The third-order valence-corrected chi connectivity index (χ3v) is 5.28. The van der Waals surface area contributed by atoms with Gasteiger partial charge in [-0.1, -0.05) is 72.8 Å². The maximum Gasteiger partial charge on any atom is 0.340 e. The maximum absolute atomic E-state index is 13.3. The number of nitrogens with zero attached hydrogens (tertiary/aromatic N) is 1. The largest absolute Gasteiger partial charge is 0.471 e. The molecule has 1 amide bonds.